The molecule has 0 spiro atoms. The van der Waals surface area contributed by atoms with Crippen LogP contribution in [0.1, 0.15) is 50.3 Å². The second-order valence-electron chi connectivity index (χ2n) is 8.02. The van der Waals surface area contributed by atoms with E-state index < -0.39 is 0 Å². The van der Waals surface area contributed by atoms with Gasteiger partial charge in [-0.15, -0.1) is 11.3 Å². The molecule has 1 aromatic rings. The summed E-state index contributed by atoms with van der Waals surface area (Å²) in [5, 5.41) is 5.05. The van der Waals surface area contributed by atoms with Crippen LogP contribution in [0.5, 0.6) is 0 Å². The van der Waals surface area contributed by atoms with Crippen LogP contribution in [0.2, 0.25) is 0 Å². The fourth-order valence-electron chi connectivity index (χ4n) is 4.08. The average molecular weight is 392 g/mol. The van der Waals surface area contributed by atoms with Crippen molar-refractivity contribution in [1.29, 1.82) is 0 Å². The number of likely N-dealkylation sites (tertiary alicyclic amines) is 2. The molecule has 3 heterocycles. The van der Waals surface area contributed by atoms with Crippen LogP contribution in [0.15, 0.2) is 17.5 Å². The zero-order valence-electron chi connectivity index (χ0n) is 16.5. The van der Waals surface area contributed by atoms with Crippen molar-refractivity contribution in [2.24, 2.45) is 5.92 Å². The van der Waals surface area contributed by atoms with Crippen LogP contribution >= 0.6 is 11.3 Å². The molecule has 0 aliphatic carbocycles. The van der Waals surface area contributed by atoms with E-state index in [0.717, 1.165) is 43.0 Å². The average Bonchev–Trinajstić information content (AvgIpc) is 3.34. The third-order valence-corrected chi connectivity index (χ3v) is 6.73. The maximum absolute atomic E-state index is 12.6. The van der Waals surface area contributed by atoms with E-state index in [-0.39, 0.29) is 17.9 Å². The number of thiophene rings is 1. The highest BCUT2D eigenvalue weighted by molar-refractivity contribution is 7.10. The second kappa shape index (κ2) is 10.2. The molecule has 3 rings (SSSR count). The number of nitrogens with zero attached hydrogens (tertiary/aromatic N) is 2. The van der Waals surface area contributed by atoms with Gasteiger partial charge in [-0.25, -0.2) is 0 Å². The van der Waals surface area contributed by atoms with E-state index in [1.54, 1.807) is 16.2 Å². The zero-order valence-corrected chi connectivity index (χ0v) is 17.3. The monoisotopic (exact) mass is 391 g/mol. The molecule has 1 N–H and O–H groups in total. The van der Waals surface area contributed by atoms with Crippen LogP contribution < -0.4 is 5.32 Å². The standard InChI is InChI=1S/C21H33N3O2S/c1-17-8-13-23(14-9-17)11-3-2-10-22-21(26)19-7-4-12-24(19)20(25)16-18-6-5-15-27-18/h5-6,15,17,19H,2-4,7-14,16H2,1H3,(H,22,26). The minimum Gasteiger partial charge on any atom is -0.354 e. The number of hydrogen-bond acceptors (Lipinski definition) is 4. The Bertz CT molecular complexity index is 597. The summed E-state index contributed by atoms with van der Waals surface area (Å²) in [5.74, 6) is 0.977. The molecule has 1 unspecified atom stereocenters. The molecule has 2 fully saturated rings. The van der Waals surface area contributed by atoms with E-state index in [4.69, 9.17) is 0 Å². The van der Waals surface area contributed by atoms with Crippen molar-refractivity contribution in [2.75, 3.05) is 32.7 Å². The minimum absolute atomic E-state index is 0.0267. The third-order valence-electron chi connectivity index (χ3n) is 5.86. The van der Waals surface area contributed by atoms with Gasteiger partial charge in [0.25, 0.3) is 0 Å². The Labute approximate surface area is 167 Å². The number of hydrogen-bond donors (Lipinski definition) is 1. The van der Waals surface area contributed by atoms with E-state index in [1.165, 1.54) is 25.9 Å². The van der Waals surface area contributed by atoms with Gasteiger partial charge in [-0.1, -0.05) is 13.0 Å². The predicted octanol–water partition coefficient (Wildman–Crippen LogP) is 2.91. The lowest BCUT2D eigenvalue weighted by Crippen LogP contribution is -2.46. The van der Waals surface area contributed by atoms with Gasteiger partial charge >= 0.3 is 0 Å². The summed E-state index contributed by atoms with van der Waals surface area (Å²) in [5.41, 5.74) is 0. The maximum atomic E-state index is 12.6. The molecule has 1 atom stereocenters. The van der Waals surface area contributed by atoms with Crippen LogP contribution in [0, 0.1) is 5.92 Å². The van der Waals surface area contributed by atoms with Gasteiger partial charge in [-0.3, -0.25) is 9.59 Å². The molecule has 0 radical (unpaired) electrons. The molecule has 0 aromatic carbocycles. The van der Waals surface area contributed by atoms with Crippen LogP contribution in [-0.4, -0.2) is 60.4 Å². The summed E-state index contributed by atoms with van der Waals surface area (Å²) in [7, 11) is 0. The number of unbranched alkanes of at least 4 members (excludes halogenated alkanes) is 1. The summed E-state index contributed by atoms with van der Waals surface area (Å²) in [6.45, 7) is 7.33. The van der Waals surface area contributed by atoms with E-state index in [2.05, 4.69) is 17.1 Å². The van der Waals surface area contributed by atoms with E-state index >= 15 is 0 Å². The number of carbonyl (C=O) groups is 2. The van der Waals surface area contributed by atoms with Gasteiger partial charge in [0.05, 0.1) is 6.42 Å². The molecule has 2 aliphatic heterocycles. The van der Waals surface area contributed by atoms with Crippen molar-refractivity contribution < 1.29 is 9.59 Å². The molecule has 27 heavy (non-hydrogen) atoms. The lowest BCUT2D eigenvalue weighted by atomic mass is 9.99. The van der Waals surface area contributed by atoms with Gasteiger partial charge in [-0.05, 0) is 75.5 Å². The highest BCUT2D eigenvalue weighted by atomic mass is 32.1. The van der Waals surface area contributed by atoms with Crippen molar-refractivity contribution in [3.05, 3.63) is 22.4 Å². The molecule has 2 saturated heterocycles. The van der Waals surface area contributed by atoms with Crippen molar-refractivity contribution in [3.63, 3.8) is 0 Å². The minimum atomic E-state index is -0.277. The van der Waals surface area contributed by atoms with Crippen LogP contribution in [-0.2, 0) is 16.0 Å². The molecular formula is C21H33N3O2S. The van der Waals surface area contributed by atoms with Crippen molar-refractivity contribution in [2.45, 2.75) is 57.9 Å². The highest BCUT2D eigenvalue weighted by Gasteiger charge is 2.33. The van der Waals surface area contributed by atoms with Crippen LogP contribution in [0.25, 0.3) is 0 Å². The number of rotatable bonds is 8. The molecule has 150 valence electrons. The lowest BCUT2D eigenvalue weighted by molar-refractivity contribution is -0.137. The number of amides is 2. The molecule has 2 aliphatic rings. The Morgan fingerprint density at radius 2 is 2.00 bits per heavy atom. The summed E-state index contributed by atoms with van der Waals surface area (Å²) < 4.78 is 0. The normalized spacial score (nSPS) is 21.5. The van der Waals surface area contributed by atoms with Gasteiger partial charge in [0.2, 0.25) is 11.8 Å². The first kappa shape index (κ1) is 20.3. The van der Waals surface area contributed by atoms with Gasteiger partial charge in [-0.2, -0.15) is 0 Å². The molecule has 0 bridgehead atoms. The summed E-state index contributed by atoms with van der Waals surface area (Å²) >= 11 is 1.60. The van der Waals surface area contributed by atoms with Crippen LogP contribution in [0.4, 0.5) is 0 Å². The van der Waals surface area contributed by atoms with Crippen molar-refractivity contribution >= 4 is 23.2 Å². The van der Waals surface area contributed by atoms with Crippen molar-refractivity contribution in [3.8, 4) is 0 Å². The highest BCUT2D eigenvalue weighted by Crippen LogP contribution is 2.20. The number of piperidine rings is 1. The number of nitrogens with one attached hydrogen (secondary N) is 1. The largest absolute Gasteiger partial charge is 0.354 e. The SMILES string of the molecule is CC1CCN(CCCCNC(=O)C2CCCN2C(=O)Cc2cccs2)CC1. The first-order chi connectivity index (χ1) is 13.1. The Kier molecular flexibility index (Phi) is 7.70. The van der Waals surface area contributed by atoms with E-state index in [0.29, 0.717) is 19.5 Å². The fraction of sp³-hybridized carbons (Fsp3) is 0.714. The van der Waals surface area contributed by atoms with Gasteiger partial charge in [0.15, 0.2) is 0 Å². The molecule has 6 heteroatoms. The molecular weight excluding hydrogens is 358 g/mol. The first-order valence-electron chi connectivity index (χ1n) is 10.5. The quantitative estimate of drug-likeness (QED) is 0.693. The predicted molar refractivity (Wildman–Crippen MR) is 110 cm³/mol. The van der Waals surface area contributed by atoms with E-state index in [1.807, 2.05) is 17.5 Å². The summed E-state index contributed by atoms with van der Waals surface area (Å²) in [4.78, 5) is 30.5. The summed E-state index contributed by atoms with van der Waals surface area (Å²) in [6, 6.07) is 3.67. The van der Waals surface area contributed by atoms with Crippen LogP contribution in [0.3, 0.4) is 0 Å². The summed E-state index contributed by atoms with van der Waals surface area (Å²) in [6.07, 6.45) is 6.88. The smallest absolute Gasteiger partial charge is 0.242 e. The molecule has 0 saturated carbocycles. The van der Waals surface area contributed by atoms with Gasteiger partial charge < -0.3 is 15.1 Å². The second-order valence-corrected chi connectivity index (χ2v) is 9.06. The third kappa shape index (κ3) is 6.04. The Balaban J connectivity index is 1.34. The fourth-order valence-corrected chi connectivity index (χ4v) is 4.77. The first-order valence-corrected chi connectivity index (χ1v) is 11.3. The van der Waals surface area contributed by atoms with Crippen molar-refractivity contribution in [1.82, 2.24) is 15.1 Å². The van der Waals surface area contributed by atoms with Gasteiger partial charge in [0.1, 0.15) is 6.04 Å². The Morgan fingerprint density at radius 1 is 1.19 bits per heavy atom. The Morgan fingerprint density at radius 3 is 2.74 bits per heavy atom. The maximum Gasteiger partial charge on any atom is 0.242 e. The van der Waals surface area contributed by atoms with Gasteiger partial charge in [0, 0.05) is 18.0 Å². The zero-order chi connectivity index (χ0) is 19.1. The molecule has 5 nitrogen and oxygen atoms in total. The lowest BCUT2D eigenvalue weighted by Gasteiger charge is -2.30. The number of carbonyl (C=O) groups excluding carboxylic acids is 2. The van der Waals surface area contributed by atoms with E-state index in [9.17, 15) is 9.59 Å². The molecule has 1 aromatic heterocycles. The topological polar surface area (TPSA) is 52.7 Å². The Hall–Kier alpha value is -1.40. The molecule has 2 amide bonds.